The summed E-state index contributed by atoms with van der Waals surface area (Å²) in [7, 11) is 0. The van der Waals surface area contributed by atoms with E-state index in [0.717, 1.165) is 16.5 Å². The van der Waals surface area contributed by atoms with Crippen molar-refractivity contribution in [1.29, 1.82) is 0 Å². The molecular formula is C11H14BrClO2. The van der Waals surface area contributed by atoms with Crippen LogP contribution in [0, 0.1) is 0 Å². The lowest BCUT2D eigenvalue weighted by Gasteiger charge is -2.17. The van der Waals surface area contributed by atoms with Gasteiger partial charge in [-0.05, 0) is 17.5 Å². The van der Waals surface area contributed by atoms with Crippen LogP contribution in [0.25, 0.3) is 0 Å². The number of aliphatic hydroxyl groups is 2. The molecule has 0 amide bonds. The first-order valence-corrected chi connectivity index (χ1v) is 6.41. The second-order valence-corrected chi connectivity index (χ2v) is 4.30. The van der Waals surface area contributed by atoms with Crippen LogP contribution in [0.1, 0.15) is 23.7 Å². The highest BCUT2D eigenvalue weighted by atomic mass is 79.9. The Kier molecular flexibility index (Phi) is 5.61. The predicted molar refractivity (Wildman–Crippen MR) is 65.4 cm³/mol. The lowest BCUT2D eigenvalue weighted by Crippen LogP contribution is -2.18. The quantitative estimate of drug-likeness (QED) is 0.819. The lowest BCUT2D eigenvalue weighted by molar-refractivity contribution is 0.0170. The van der Waals surface area contributed by atoms with Crippen LogP contribution in [-0.2, 0) is 5.33 Å². The van der Waals surface area contributed by atoms with Crippen LogP contribution in [-0.4, -0.2) is 22.2 Å². The van der Waals surface area contributed by atoms with E-state index in [4.69, 9.17) is 11.6 Å². The molecular weight excluding hydrogens is 279 g/mol. The summed E-state index contributed by atoms with van der Waals surface area (Å²) in [5, 5.41) is 20.1. The Morgan fingerprint density at radius 1 is 1.20 bits per heavy atom. The Hall–Kier alpha value is -0.0900. The molecule has 1 aromatic rings. The van der Waals surface area contributed by atoms with Gasteiger partial charge >= 0.3 is 0 Å². The van der Waals surface area contributed by atoms with E-state index in [2.05, 4.69) is 15.9 Å². The molecule has 2 nitrogen and oxygen atoms in total. The van der Waals surface area contributed by atoms with E-state index in [1.807, 2.05) is 24.3 Å². The van der Waals surface area contributed by atoms with E-state index in [0.29, 0.717) is 12.3 Å². The standard InChI is InChI=1S/C11H14BrClO2/c12-7-8-1-3-9(4-2-8)11(15)10(14)5-6-13/h1-4,10-11,14-15H,5-7H2. The third-order valence-corrected chi connectivity index (χ3v) is 3.11. The summed E-state index contributed by atoms with van der Waals surface area (Å²) in [6.45, 7) is 0. The monoisotopic (exact) mass is 292 g/mol. The van der Waals surface area contributed by atoms with Gasteiger partial charge in [-0.2, -0.15) is 0 Å². The van der Waals surface area contributed by atoms with Crippen LogP contribution in [0.4, 0.5) is 0 Å². The molecule has 84 valence electrons. The van der Waals surface area contributed by atoms with Crippen LogP contribution < -0.4 is 0 Å². The molecule has 0 radical (unpaired) electrons. The zero-order chi connectivity index (χ0) is 11.3. The zero-order valence-corrected chi connectivity index (χ0v) is 10.6. The fraction of sp³-hybridized carbons (Fsp3) is 0.455. The number of rotatable bonds is 5. The SMILES string of the molecule is OC(CCCl)C(O)c1ccc(CBr)cc1. The van der Waals surface area contributed by atoms with Gasteiger partial charge in [-0.25, -0.2) is 0 Å². The molecule has 2 N–H and O–H groups in total. The maximum absolute atomic E-state index is 9.76. The summed E-state index contributed by atoms with van der Waals surface area (Å²) in [4.78, 5) is 0. The Morgan fingerprint density at radius 3 is 2.27 bits per heavy atom. The van der Waals surface area contributed by atoms with Gasteiger partial charge in [0.25, 0.3) is 0 Å². The van der Waals surface area contributed by atoms with Crippen molar-refractivity contribution < 1.29 is 10.2 Å². The summed E-state index contributed by atoms with van der Waals surface area (Å²) in [6.07, 6.45) is -1.26. The highest BCUT2D eigenvalue weighted by Crippen LogP contribution is 2.20. The number of hydrogen-bond acceptors (Lipinski definition) is 2. The van der Waals surface area contributed by atoms with Crippen LogP contribution >= 0.6 is 27.5 Å². The second-order valence-electron chi connectivity index (χ2n) is 3.37. The predicted octanol–water partition coefficient (Wildman–Crippen LogP) is 2.60. The second kappa shape index (κ2) is 6.48. The number of halogens is 2. The average molecular weight is 294 g/mol. The van der Waals surface area contributed by atoms with E-state index < -0.39 is 12.2 Å². The van der Waals surface area contributed by atoms with Gasteiger partial charge in [0.1, 0.15) is 6.10 Å². The first-order valence-electron chi connectivity index (χ1n) is 4.76. The molecule has 0 bridgehead atoms. The molecule has 0 saturated carbocycles. The van der Waals surface area contributed by atoms with Crippen LogP contribution in [0.5, 0.6) is 0 Å². The molecule has 0 aliphatic heterocycles. The summed E-state index contributed by atoms with van der Waals surface area (Å²) in [5.74, 6) is 0.345. The minimum atomic E-state index is -0.854. The summed E-state index contributed by atoms with van der Waals surface area (Å²) in [6, 6.07) is 7.47. The van der Waals surface area contributed by atoms with E-state index in [1.54, 1.807) is 0 Å². The van der Waals surface area contributed by atoms with Gasteiger partial charge in [-0.15, -0.1) is 11.6 Å². The fourth-order valence-electron chi connectivity index (χ4n) is 1.30. The molecule has 0 aliphatic rings. The molecule has 15 heavy (non-hydrogen) atoms. The Balaban J connectivity index is 2.69. The third kappa shape index (κ3) is 3.76. The normalized spacial score (nSPS) is 14.9. The number of alkyl halides is 2. The van der Waals surface area contributed by atoms with Crippen molar-refractivity contribution in [3.63, 3.8) is 0 Å². The lowest BCUT2D eigenvalue weighted by atomic mass is 10.0. The van der Waals surface area contributed by atoms with Crippen molar-refractivity contribution in [1.82, 2.24) is 0 Å². The maximum atomic E-state index is 9.76. The van der Waals surface area contributed by atoms with Gasteiger partial charge in [0.15, 0.2) is 0 Å². The largest absolute Gasteiger partial charge is 0.390 e. The van der Waals surface area contributed by atoms with Gasteiger partial charge in [0.2, 0.25) is 0 Å². The molecule has 1 rings (SSSR count). The molecule has 0 fully saturated rings. The minimum Gasteiger partial charge on any atom is -0.390 e. The Bertz CT molecular complexity index is 289. The van der Waals surface area contributed by atoms with Crippen molar-refractivity contribution in [3.8, 4) is 0 Å². The molecule has 0 aromatic heterocycles. The highest BCUT2D eigenvalue weighted by molar-refractivity contribution is 9.08. The third-order valence-electron chi connectivity index (χ3n) is 2.24. The van der Waals surface area contributed by atoms with E-state index in [1.165, 1.54) is 0 Å². The van der Waals surface area contributed by atoms with E-state index in [-0.39, 0.29) is 0 Å². The van der Waals surface area contributed by atoms with Crippen LogP contribution in [0.15, 0.2) is 24.3 Å². The minimum absolute atomic E-state index is 0.345. The van der Waals surface area contributed by atoms with Crippen LogP contribution in [0.2, 0.25) is 0 Å². The van der Waals surface area contributed by atoms with Crippen molar-refractivity contribution in [2.75, 3.05) is 5.88 Å². The van der Waals surface area contributed by atoms with Gasteiger partial charge < -0.3 is 10.2 Å². The topological polar surface area (TPSA) is 40.5 Å². The summed E-state index contributed by atoms with van der Waals surface area (Å²) in [5.41, 5.74) is 1.86. The molecule has 2 unspecified atom stereocenters. The first-order chi connectivity index (χ1) is 7.19. The molecule has 0 saturated heterocycles. The molecule has 0 spiro atoms. The summed E-state index contributed by atoms with van der Waals surface area (Å²) < 4.78 is 0. The van der Waals surface area contributed by atoms with E-state index >= 15 is 0 Å². The Morgan fingerprint density at radius 2 is 1.80 bits per heavy atom. The highest BCUT2D eigenvalue weighted by Gasteiger charge is 2.17. The molecule has 1 aromatic carbocycles. The number of hydrogen-bond donors (Lipinski definition) is 2. The van der Waals surface area contributed by atoms with Gasteiger partial charge in [-0.1, -0.05) is 40.2 Å². The zero-order valence-electron chi connectivity index (χ0n) is 8.24. The van der Waals surface area contributed by atoms with E-state index in [9.17, 15) is 10.2 Å². The average Bonchev–Trinajstić information content (AvgIpc) is 2.28. The van der Waals surface area contributed by atoms with Crippen molar-refractivity contribution in [2.45, 2.75) is 24.0 Å². The molecule has 0 heterocycles. The van der Waals surface area contributed by atoms with Crippen molar-refractivity contribution in [3.05, 3.63) is 35.4 Å². The van der Waals surface area contributed by atoms with Gasteiger partial charge in [0.05, 0.1) is 6.10 Å². The summed E-state index contributed by atoms with van der Waals surface area (Å²) >= 11 is 8.84. The van der Waals surface area contributed by atoms with Gasteiger partial charge in [0, 0.05) is 11.2 Å². The fourth-order valence-corrected chi connectivity index (χ4v) is 1.89. The molecule has 0 aliphatic carbocycles. The van der Waals surface area contributed by atoms with Crippen molar-refractivity contribution in [2.24, 2.45) is 0 Å². The number of benzene rings is 1. The van der Waals surface area contributed by atoms with Crippen molar-refractivity contribution >= 4 is 27.5 Å². The number of aliphatic hydroxyl groups excluding tert-OH is 2. The van der Waals surface area contributed by atoms with Crippen LogP contribution in [0.3, 0.4) is 0 Å². The maximum Gasteiger partial charge on any atom is 0.105 e. The molecule has 2 atom stereocenters. The smallest absolute Gasteiger partial charge is 0.105 e. The molecule has 4 heteroatoms. The first kappa shape index (κ1) is 13.0. The van der Waals surface area contributed by atoms with Gasteiger partial charge in [-0.3, -0.25) is 0 Å². The Labute approximate surface area is 103 Å².